The maximum atomic E-state index is 12.2. The van der Waals surface area contributed by atoms with Crippen LogP contribution in [0.3, 0.4) is 0 Å². The lowest BCUT2D eigenvalue weighted by atomic mass is 10.00. The fourth-order valence-corrected chi connectivity index (χ4v) is 3.47. The van der Waals surface area contributed by atoms with Gasteiger partial charge in [-0.05, 0) is 30.9 Å². The molecule has 0 radical (unpaired) electrons. The Morgan fingerprint density at radius 3 is 2.47 bits per heavy atom. The maximum absolute atomic E-state index is 12.2. The van der Waals surface area contributed by atoms with Crippen LogP contribution < -0.4 is 4.72 Å². The van der Waals surface area contributed by atoms with E-state index < -0.39 is 10.0 Å². The van der Waals surface area contributed by atoms with Crippen LogP contribution in [0.1, 0.15) is 45.1 Å². The summed E-state index contributed by atoms with van der Waals surface area (Å²) >= 11 is 0. The Bertz CT molecular complexity index is 483. The molecular formula is C15H25NO2S. The third kappa shape index (κ3) is 4.96. The Morgan fingerprint density at radius 2 is 1.89 bits per heavy atom. The number of rotatable bonds is 8. The van der Waals surface area contributed by atoms with Crippen molar-refractivity contribution in [3.63, 3.8) is 0 Å². The van der Waals surface area contributed by atoms with Crippen molar-refractivity contribution in [3.8, 4) is 0 Å². The van der Waals surface area contributed by atoms with E-state index in [1.54, 1.807) is 12.1 Å². The summed E-state index contributed by atoms with van der Waals surface area (Å²) in [6.07, 6.45) is 4.41. The van der Waals surface area contributed by atoms with Crippen LogP contribution >= 0.6 is 0 Å². The molecule has 0 saturated carbocycles. The van der Waals surface area contributed by atoms with E-state index in [0.717, 1.165) is 31.2 Å². The first-order valence-electron chi connectivity index (χ1n) is 7.06. The lowest BCUT2D eigenvalue weighted by molar-refractivity contribution is 0.443. The highest BCUT2D eigenvalue weighted by atomic mass is 32.2. The first-order valence-corrected chi connectivity index (χ1v) is 8.54. The van der Waals surface area contributed by atoms with Crippen LogP contribution in [-0.4, -0.2) is 15.0 Å². The van der Waals surface area contributed by atoms with Crippen molar-refractivity contribution in [1.82, 2.24) is 4.72 Å². The van der Waals surface area contributed by atoms with E-state index in [4.69, 9.17) is 0 Å². The summed E-state index contributed by atoms with van der Waals surface area (Å²) in [6.45, 7) is 6.63. The molecule has 1 rings (SSSR count). The molecule has 0 saturated heterocycles. The number of benzene rings is 1. The molecule has 0 unspecified atom stereocenters. The van der Waals surface area contributed by atoms with Gasteiger partial charge in [0.2, 0.25) is 10.0 Å². The van der Waals surface area contributed by atoms with Crippen molar-refractivity contribution in [2.45, 2.75) is 51.3 Å². The van der Waals surface area contributed by atoms with Crippen LogP contribution in [0.5, 0.6) is 0 Å². The molecule has 19 heavy (non-hydrogen) atoms. The fourth-order valence-electron chi connectivity index (χ4n) is 2.11. The van der Waals surface area contributed by atoms with E-state index in [-0.39, 0.29) is 0 Å². The van der Waals surface area contributed by atoms with Crippen molar-refractivity contribution in [2.75, 3.05) is 6.54 Å². The first-order chi connectivity index (χ1) is 9.01. The van der Waals surface area contributed by atoms with Gasteiger partial charge in [0, 0.05) is 6.54 Å². The van der Waals surface area contributed by atoms with Crippen LogP contribution in [0.15, 0.2) is 29.2 Å². The minimum Gasteiger partial charge on any atom is -0.211 e. The molecule has 1 aromatic rings. The SMILES string of the molecule is CCCC[C@@H](CC)CNS(=O)(=O)c1ccccc1C. The standard InChI is InChI=1S/C15H25NO2S/c1-4-6-10-14(5-2)12-16-19(17,18)15-11-8-7-9-13(15)3/h7-9,11,14,16H,4-6,10,12H2,1-3H3/t14-/m1/s1. The van der Waals surface area contributed by atoms with Crippen molar-refractivity contribution < 1.29 is 8.42 Å². The minimum atomic E-state index is -3.37. The molecule has 1 atom stereocenters. The summed E-state index contributed by atoms with van der Waals surface area (Å²) in [5.74, 6) is 0.429. The van der Waals surface area contributed by atoms with E-state index in [2.05, 4.69) is 18.6 Å². The molecule has 0 aliphatic heterocycles. The summed E-state index contributed by atoms with van der Waals surface area (Å²) in [5, 5.41) is 0. The van der Waals surface area contributed by atoms with Crippen LogP contribution in [0.2, 0.25) is 0 Å². The average Bonchev–Trinajstić information content (AvgIpc) is 2.39. The molecule has 4 heteroatoms. The monoisotopic (exact) mass is 283 g/mol. The van der Waals surface area contributed by atoms with Gasteiger partial charge >= 0.3 is 0 Å². The van der Waals surface area contributed by atoms with Gasteiger partial charge < -0.3 is 0 Å². The molecule has 0 aliphatic carbocycles. The predicted molar refractivity (Wildman–Crippen MR) is 79.7 cm³/mol. The highest BCUT2D eigenvalue weighted by molar-refractivity contribution is 7.89. The zero-order chi connectivity index (χ0) is 14.3. The Balaban J connectivity index is 2.67. The summed E-state index contributed by atoms with van der Waals surface area (Å²) < 4.78 is 27.2. The first kappa shape index (κ1) is 16.2. The van der Waals surface area contributed by atoms with Gasteiger partial charge in [-0.2, -0.15) is 0 Å². The average molecular weight is 283 g/mol. The molecule has 0 bridgehead atoms. The zero-order valence-electron chi connectivity index (χ0n) is 12.1. The van der Waals surface area contributed by atoms with Gasteiger partial charge in [0.25, 0.3) is 0 Å². The number of nitrogens with one attached hydrogen (secondary N) is 1. The molecule has 1 N–H and O–H groups in total. The number of hydrogen-bond donors (Lipinski definition) is 1. The number of hydrogen-bond acceptors (Lipinski definition) is 2. The van der Waals surface area contributed by atoms with Crippen molar-refractivity contribution in [1.29, 1.82) is 0 Å². The zero-order valence-corrected chi connectivity index (χ0v) is 13.0. The molecule has 0 aliphatic rings. The second-order valence-electron chi connectivity index (χ2n) is 5.03. The maximum Gasteiger partial charge on any atom is 0.240 e. The molecule has 3 nitrogen and oxygen atoms in total. The van der Waals surface area contributed by atoms with Crippen LogP contribution in [0.25, 0.3) is 0 Å². The Labute approximate surface area is 117 Å². The molecule has 0 amide bonds. The largest absolute Gasteiger partial charge is 0.240 e. The number of aryl methyl sites for hydroxylation is 1. The highest BCUT2D eigenvalue weighted by Crippen LogP contribution is 2.16. The van der Waals surface area contributed by atoms with Crippen LogP contribution in [-0.2, 0) is 10.0 Å². The van der Waals surface area contributed by atoms with Gasteiger partial charge in [-0.25, -0.2) is 13.1 Å². The molecule has 0 fully saturated rings. The summed E-state index contributed by atoms with van der Waals surface area (Å²) in [4.78, 5) is 0.389. The second kappa shape index (κ2) is 7.65. The second-order valence-corrected chi connectivity index (χ2v) is 6.77. The third-order valence-corrected chi connectivity index (χ3v) is 5.07. The van der Waals surface area contributed by atoms with E-state index in [1.807, 2.05) is 19.1 Å². The van der Waals surface area contributed by atoms with Gasteiger partial charge in [-0.3, -0.25) is 0 Å². The number of unbranched alkanes of at least 4 members (excludes halogenated alkanes) is 1. The van der Waals surface area contributed by atoms with Gasteiger partial charge in [-0.15, -0.1) is 0 Å². The molecule has 108 valence electrons. The highest BCUT2D eigenvalue weighted by Gasteiger charge is 2.17. The van der Waals surface area contributed by atoms with E-state index in [9.17, 15) is 8.42 Å². The van der Waals surface area contributed by atoms with Crippen molar-refractivity contribution in [2.24, 2.45) is 5.92 Å². The van der Waals surface area contributed by atoms with Crippen LogP contribution in [0.4, 0.5) is 0 Å². The molecule has 0 heterocycles. The lowest BCUT2D eigenvalue weighted by Crippen LogP contribution is -2.29. The Hall–Kier alpha value is -0.870. The van der Waals surface area contributed by atoms with Gasteiger partial charge in [0.05, 0.1) is 4.90 Å². The quantitative estimate of drug-likeness (QED) is 0.794. The fraction of sp³-hybridized carbons (Fsp3) is 0.600. The normalized spacial score (nSPS) is 13.4. The van der Waals surface area contributed by atoms with Crippen LogP contribution in [0, 0.1) is 12.8 Å². The predicted octanol–water partition coefficient (Wildman–Crippen LogP) is 3.49. The topological polar surface area (TPSA) is 46.2 Å². The van der Waals surface area contributed by atoms with Gasteiger partial charge in [0.1, 0.15) is 0 Å². The Kier molecular flexibility index (Phi) is 6.52. The molecule has 1 aromatic carbocycles. The molecule has 0 spiro atoms. The van der Waals surface area contributed by atoms with Crippen molar-refractivity contribution >= 4 is 10.0 Å². The molecular weight excluding hydrogens is 258 g/mol. The van der Waals surface area contributed by atoms with Gasteiger partial charge in [0.15, 0.2) is 0 Å². The van der Waals surface area contributed by atoms with E-state index >= 15 is 0 Å². The minimum absolute atomic E-state index is 0.389. The molecule has 0 aromatic heterocycles. The summed E-state index contributed by atoms with van der Waals surface area (Å²) in [7, 11) is -3.37. The summed E-state index contributed by atoms with van der Waals surface area (Å²) in [6, 6.07) is 7.09. The van der Waals surface area contributed by atoms with E-state index in [0.29, 0.717) is 17.4 Å². The van der Waals surface area contributed by atoms with E-state index in [1.165, 1.54) is 0 Å². The smallest absolute Gasteiger partial charge is 0.211 e. The summed E-state index contributed by atoms with van der Waals surface area (Å²) in [5.41, 5.74) is 0.789. The lowest BCUT2D eigenvalue weighted by Gasteiger charge is -2.16. The van der Waals surface area contributed by atoms with Gasteiger partial charge in [-0.1, -0.05) is 51.3 Å². The number of sulfonamides is 1. The Morgan fingerprint density at radius 1 is 1.21 bits per heavy atom. The third-order valence-electron chi connectivity index (χ3n) is 3.49. The van der Waals surface area contributed by atoms with Crippen molar-refractivity contribution in [3.05, 3.63) is 29.8 Å².